The van der Waals surface area contributed by atoms with E-state index in [1.807, 2.05) is 34.9 Å². The van der Waals surface area contributed by atoms with Crippen molar-refractivity contribution in [2.45, 2.75) is 38.1 Å². The summed E-state index contributed by atoms with van der Waals surface area (Å²) in [5, 5.41) is 21.6. The largest absolute Gasteiger partial charge is 0.493 e. The fourth-order valence-electron chi connectivity index (χ4n) is 5.28. The molecule has 0 aliphatic carbocycles. The summed E-state index contributed by atoms with van der Waals surface area (Å²) in [4.78, 5) is 27.5. The molecule has 0 spiro atoms. The molecular weight excluding hydrogens is 535 g/mol. The Bertz CT molecular complexity index is 1570. The van der Waals surface area contributed by atoms with E-state index in [4.69, 9.17) is 23.2 Å². The average molecular weight is 557 g/mol. The van der Waals surface area contributed by atoms with E-state index in [2.05, 4.69) is 40.7 Å². The number of rotatable bonds is 3. The van der Waals surface area contributed by atoms with E-state index in [1.165, 1.54) is 7.11 Å². The number of carbonyl (C=O) groups is 2. The number of aliphatic imine (C=N–C) groups is 1. The number of hydrogen-bond donors (Lipinski definition) is 1. The van der Waals surface area contributed by atoms with Gasteiger partial charge in [0.15, 0.2) is 5.69 Å². The molecule has 2 aliphatic rings. The molecule has 3 aromatic rings. The van der Waals surface area contributed by atoms with E-state index in [0.717, 1.165) is 34.5 Å². The number of aromatic nitrogens is 1. The van der Waals surface area contributed by atoms with E-state index < -0.39 is 22.8 Å². The minimum absolute atomic E-state index is 0.0443. The second kappa shape index (κ2) is 9.01. The minimum atomic E-state index is -0.670. The highest BCUT2D eigenvalue weighted by Gasteiger charge is 2.45. The van der Waals surface area contributed by atoms with Crippen molar-refractivity contribution in [3.8, 4) is 5.88 Å². The van der Waals surface area contributed by atoms with Crippen molar-refractivity contribution in [3.63, 3.8) is 0 Å². The average Bonchev–Trinajstić information content (AvgIpc) is 3.32. The van der Waals surface area contributed by atoms with Gasteiger partial charge in [0.05, 0.1) is 17.5 Å². The van der Waals surface area contributed by atoms with Crippen molar-refractivity contribution in [1.82, 2.24) is 4.57 Å². The first kappa shape index (κ1) is 25.5. The van der Waals surface area contributed by atoms with Gasteiger partial charge in [-0.15, -0.1) is 10.2 Å². The Hall–Kier alpha value is -3.14. The number of nitrogens with zero attached hydrogens (tertiary/aromatic N) is 4. The number of methoxy groups -OCH3 is 1. The van der Waals surface area contributed by atoms with Gasteiger partial charge in [0, 0.05) is 32.5 Å². The van der Waals surface area contributed by atoms with Gasteiger partial charge in [-0.25, -0.2) is 4.79 Å². The Morgan fingerprint density at radius 1 is 1.16 bits per heavy atom. The number of aromatic hydroxyl groups is 1. The zero-order chi connectivity index (χ0) is 26.7. The number of azo groups is 1. The summed E-state index contributed by atoms with van der Waals surface area (Å²) in [6.07, 6.45) is 1.72. The lowest BCUT2D eigenvalue weighted by molar-refractivity contribution is -0.135. The summed E-state index contributed by atoms with van der Waals surface area (Å²) in [5.74, 6) is -1.35. The smallest absolute Gasteiger partial charge is 0.331 e. The van der Waals surface area contributed by atoms with Crippen LogP contribution in [-0.2, 0) is 25.3 Å². The van der Waals surface area contributed by atoms with Gasteiger partial charge in [0.25, 0.3) is 5.91 Å². The highest BCUT2D eigenvalue weighted by molar-refractivity contribution is 8.18. The molecular formula is C26H22Cl2N4O4S. The van der Waals surface area contributed by atoms with E-state index >= 15 is 0 Å². The molecule has 1 N–H and O–H groups in total. The van der Waals surface area contributed by atoms with Crippen molar-refractivity contribution in [3.05, 3.63) is 68.6 Å². The number of hydrogen-bond acceptors (Lipinski definition) is 7. The van der Waals surface area contributed by atoms with Crippen molar-refractivity contribution in [1.29, 1.82) is 0 Å². The van der Waals surface area contributed by atoms with Gasteiger partial charge < -0.3 is 14.4 Å². The number of halogens is 2. The summed E-state index contributed by atoms with van der Waals surface area (Å²) < 4.78 is 6.42. The second-order valence-corrected chi connectivity index (χ2v) is 11.6. The van der Waals surface area contributed by atoms with E-state index in [0.29, 0.717) is 21.9 Å². The van der Waals surface area contributed by atoms with Crippen LogP contribution >= 0.6 is 35.0 Å². The van der Waals surface area contributed by atoms with E-state index in [-0.39, 0.29) is 21.6 Å². The molecule has 11 heteroatoms. The molecule has 190 valence electrons. The van der Waals surface area contributed by atoms with Crippen LogP contribution in [-0.4, -0.2) is 33.8 Å². The highest BCUT2D eigenvalue weighted by Crippen LogP contribution is 2.55. The van der Waals surface area contributed by atoms with Gasteiger partial charge in [-0.3, -0.25) is 4.79 Å². The summed E-state index contributed by atoms with van der Waals surface area (Å²) in [6.45, 7) is 6.26. The third-order valence-corrected chi connectivity index (χ3v) is 8.08. The molecule has 0 fully saturated rings. The van der Waals surface area contributed by atoms with Gasteiger partial charge in [-0.1, -0.05) is 42.3 Å². The van der Waals surface area contributed by atoms with Gasteiger partial charge in [-0.05, 0) is 67.4 Å². The lowest BCUT2D eigenvalue weighted by Gasteiger charge is -2.45. The van der Waals surface area contributed by atoms with Crippen LogP contribution in [0.4, 0.5) is 5.69 Å². The maximum absolute atomic E-state index is 12.1. The number of thioether (sulfide) groups is 1. The lowest BCUT2D eigenvalue weighted by Crippen LogP contribution is -2.41. The maximum Gasteiger partial charge on any atom is 0.331 e. The molecule has 1 unspecified atom stereocenters. The van der Waals surface area contributed by atoms with Crippen LogP contribution < -0.4 is 0 Å². The Morgan fingerprint density at radius 2 is 1.86 bits per heavy atom. The molecule has 3 heterocycles. The van der Waals surface area contributed by atoms with Crippen LogP contribution in [0, 0.1) is 0 Å². The Labute approximate surface area is 227 Å². The highest BCUT2D eigenvalue weighted by atomic mass is 35.5. The van der Waals surface area contributed by atoms with Crippen molar-refractivity contribution in [2.75, 3.05) is 7.11 Å². The molecule has 0 saturated heterocycles. The third-order valence-electron chi connectivity index (χ3n) is 6.74. The zero-order valence-electron chi connectivity index (χ0n) is 20.4. The van der Waals surface area contributed by atoms with Crippen molar-refractivity contribution in [2.24, 2.45) is 15.2 Å². The maximum atomic E-state index is 12.1. The van der Waals surface area contributed by atoms with Gasteiger partial charge in [0.2, 0.25) is 11.0 Å². The molecule has 8 nitrogen and oxygen atoms in total. The summed E-state index contributed by atoms with van der Waals surface area (Å²) in [6, 6.07) is 11.4. The summed E-state index contributed by atoms with van der Waals surface area (Å²) >= 11 is 13.7. The zero-order valence-corrected chi connectivity index (χ0v) is 22.7. The number of ether oxygens (including phenoxy) is 1. The molecule has 1 amide bonds. The van der Waals surface area contributed by atoms with Crippen LogP contribution in [0.2, 0.25) is 10.0 Å². The normalized spacial score (nSPS) is 21.7. The van der Waals surface area contributed by atoms with E-state index in [9.17, 15) is 14.7 Å². The van der Waals surface area contributed by atoms with Crippen molar-refractivity contribution < 1.29 is 19.4 Å². The Morgan fingerprint density at radius 3 is 2.54 bits per heavy atom. The Kier molecular flexibility index (Phi) is 6.21. The number of amides is 1. The van der Waals surface area contributed by atoms with Crippen LogP contribution in [0.5, 0.6) is 5.88 Å². The molecule has 2 aromatic carbocycles. The first-order valence-electron chi connectivity index (χ1n) is 11.3. The quantitative estimate of drug-likeness (QED) is 0.215. The standard InChI is InChI=1S/C26H22Cl2N4O4S/c1-25(2)12-26(3,13-5-7-14(27)8-6-13)17-10-15(28)9-16-20(23(35)32(25)21(16)17)30-31-24-29-22(34)18(37-24)11-19(33)36-4/h5-11,35H,12H2,1-4H3. The predicted molar refractivity (Wildman–Crippen MR) is 145 cm³/mol. The SMILES string of the molecule is COC(=O)C=C1SC(N=Nc2c(O)n3c4c(cc(Cl)cc24)C(C)(c2ccc(Cl)cc2)CC3(C)C)=NC1=O. The number of esters is 1. The third kappa shape index (κ3) is 4.24. The monoisotopic (exact) mass is 556 g/mol. The van der Waals surface area contributed by atoms with Gasteiger partial charge >= 0.3 is 5.97 Å². The summed E-state index contributed by atoms with van der Waals surface area (Å²) in [7, 11) is 1.22. The minimum Gasteiger partial charge on any atom is -0.493 e. The van der Waals surface area contributed by atoms with Crippen LogP contribution in [0.15, 0.2) is 62.6 Å². The molecule has 0 radical (unpaired) electrons. The molecule has 0 bridgehead atoms. The molecule has 1 atom stereocenters. The lowest BCUT2D eigenvalue weighted by atomic mass is 9.66. The van der Waals surface area contributed by atoms with Gasteiger partial charge in [0.1, 0.15) is 0 Å². The van der Waals surface area contributed by atoms with E-state index in [1.54, 1.807) is 6.07 Å². The van der Waals surface area contributed by atoms with Crippen molar-refractivity contribution >= 4 is 68.6 Å². The Balaban J connectivity index is 1.65. The number of carbonyl (C=O) groups excluding carboxylic acids is 2. The number of benzene rings is 2. The van der Waals surface area contributed by atoms with Crippen LogP contribution in [0.3, 0.4) is 0 Å². The first-order chi connectivity index (χ1) is 17.4. The van der Waals surface area contributed by atoms with Crippen LogP contribution in [0.25, 0.3) is 10.9 Å². The first-order valence-corrected chi connectivity index (χ1v) is 12.9. The molecule has 0 saturated carbocycles. The topological polar surface area (TPSA) is 106 Å². The number of amidine groups is 1. The fraction of sp³-hybridized carbons (Fsp3) is 0.269. The van der Waals surface area contributed by atoms with Gasteiger partial charge in [-0.2, -0.15) is 4.99 Å². The second-order valence-electron chi connectivity index (χ2n) is 9.72. The summed E-state index contributed by atoms with van der Waals surface area (Å²) in [5.41, 5.74) is 2.10. The molecule has 5 rings (SSSR count). The fourth-order valence-corrected chi connectivity index (χ4v) is 6.31. The molecule has 37 heavy (non-hydrogen) atoms. The molecule has 2 aliphatic heterocycles. The molecule has 1 aromatic heterocycles. The predicted octanol–water partition coefficient (Wildman–Crippen LogP) is 6.87. The van der Waals surface area contributed by atoms with Crippen LogP contribution in [0.1, 0.15) is 38.3 Å².